The molecule has 0 unspecified atom stereocenters. The normalized spacial score (nSPS) is 11.1. The highest BCUT2D eigenvalue weighted by atomic mass is 16.5. The van der Waals surface area contributed by atoms with Crippen LogP contribution in [-0.2, 0) is 11.8 Å². The van der Waals surface area contributed by atoms with Crippen molar-refractivity contribution in [2.24, 2.45) is 7.05 Å². The van der Waals surface area contributed by atoms with Crippen LogP contribution in [-0.4, -0.2) is 24.2 Å². The molecular formula is C26H30N2O4. The molecule has 0 aliphatic rings. The Bertz CT molecular complexity index is 1150. The van der Waals surface area contributed by atoms with E-state index in [-0.39, 0.29) is 17.2 Å². The summed E-state index contributed by atoms with van der Waals surface area (Å²) in [6.07, 6.45) is 7.47. The highest BCUT2D eigenvalue weighted by Crippen LogP contribution is 2.33. The Hall–Kier alpha value is -3.54. The van der Waals surface area contributed by atoms with E-state index in [1.54, 1.807) is 25.3 Å². The van der Waals surface area contributed by atoms with E-state index >= 15 is 0 Å². The van der Waals surface area contributed by atoms with E-state index in [1.807, 2.05) is 36.4 Å². The average molecular weight is 435 g/mol. The number of fused-ring (bicyclic) bond motifs is 1. The van der Waals surface area contributed by atoms with Crippen LogP contribution in [0.3, 0.4) is 0 Å². The first-order valence-corrected chi connectivity index (χ1v) is 10.9. The second kappa shape index (κ2) is 11.2. The Labute approximate surface area is 188 Å². The second-order valence-corrected chi connectivity index (χ2v) is 7.60. The number of benzene rings is 2. The predicted molar refractivity (Wildman–Crippen MR) is 129 cm³/mol. The van der Waals surface area contributed by atoms with Gasteiger partial charge in [0.05, 0.1) is 19.2 Å². The molecule has 0 saturated heterocycles. The summed E-state index contributed by atoms with van der Waals surface area (Å²) >= 11 is 0. The zero-order chi connectivity index (χ0) is 22.9. The number of aromatic nitrogens is 1. The number of anilines is 1. The maximum atomic E-state index is 12.9. The van der Waals surface area contributed by atoms with Crippen molar-refractivity contribution in [3.8, 4) is 11.5 Å². The third-order valence-electron chi connectivity index (χ3n) is 5.25. The number of amides is 1. The molecule has 0 aliphatic heterocycles. The Morgan fingerprint density at radius 2 is 1.84 bits per heavy atom. The zero-order valence-electron chi connectivity index (χ0n) is 18.9. The van der Waals surface area contributed by atoms with Crippen LogP contribution in [0, 0.1) is 0 Å². The summed E-state index contributed by atoms with van der Waals surface area (Å²) in [5.74, 6) is 0.388. The maximum Gasteiger partial charge on any atom is 0.297 e. The minimum atomic E-state index is -0.266. The molecule has 2 aromatic carbocycles. The number of carbonyl (C=O) groups is 1. The number of pyridine rings is 1. The van der Waals surface area contributed by atoms with Crippen molar-refractivity contribution in [3.63, 3.8) is 0 Å². The Morgan fingerprint density at radius 3 is 2.56 bits per heavy atom. The average Bonchev–Trinajstić information content (AvgIpc) is 2.81. The number of methoxy groups -OCH3 is 1. The minimum Gasteiger partial charge on any atom is -0.492 e. The van der Waals surface area contributed by atoms with Gasteiger partial charge in [-0.15, -0.1) is 0 Å². The maximum absolute atomic E-state index is 12.9. The number of ether oxygens (including phenoxy) is 2. The van der Waals surface area contributed by atoms with Gasteiger partial charge in [-0.1, -0.05) is 56.5 Å². The van der Waals surface area contributed by atoms with Gasteiger partial charge in [0, 0.05) is 24.2 Å². The van der Waals surface area contributed by atoms with Gasteiger partial charge >= 0.3 is 0 Å². The van der Waals surface area contributed by atoms with E-state index < -0.39 is 0 Å². The fourth-order valence-electron chi connectivity index (χ4n) is 3.51. The van der Waals surface area contributed by atoms with Crippen molar-refractivity contribution in [1.29, 1.82) is 0 Å². The monoisotopic (exact) mass is 434 g/mol. The van der Waals surface area contributed by atoms with E-state index in [4.69, 9.17) is 9.47 Å². The molecule has 0 atom stereocenters. The molecule has 3 rings (SSSR count). The number of rotatable bonds is 10. The molecule has 0 fully saturated rings. The van der Waals surface area contributed by atoms with Gasteiger partial charge in [-0.3, -0.25) is 9.59 Å². The summed E-state index contributed by atoms with van der Waals surface area (Å²) < 4.78 is 12.9. The van der Waals surface area contributed by atoms with Crippen molar-refractivity contribution in [3.05, 3.63) is 70.5 Å². The topological polar surface area (TPSA) is 69.6 Å². The first-order valence-electron chi connectivity index (χ1n) is 10.9. The third kappa shape index (κ3) is 5.58. The minimum absolute atomic E-state index is 0.224. The number of nitrogens with one attached hydrogen (secondary N) is 1. The summed E-state index contributed by atoms with van der Waals surface area (Å²) in [5, 5.41) is 3.59. The smallest absolute Gasteiger partial charge is 0.297 e. The van der Waals surface area contributed by atoms with Crippen molar-refractivity contribution in [2.75, 3.05) is 19.0 Å². The number of unbranched alkanes of at least 4 members (excludes halogenated alkanes) is 3. The van der Waals surface area contributed by atoms with Crippen LogP contribution in [0.2, 0.25) is 0 Å². The molecule has 6 heteroatoms. The highest BCUT2D eigenvalue weighted by Gasteiger charge is 2.18. The predicted octanol–water partition coefficient (Wildman–Crippen LogP) is 5.16. The zero-order valence-corrected chi connectivity index (χ0v) is 18.9. The van der Waals surface area contributed by atoms with Gasteiger partial charge in [0.2, 0.25) is 11.7 Å². The number of hydrogen-bond donors (Lipinski definition) is 1. The molecule has 0 saturated carbocycles. The van der Waals surface area contributed by atoms with Crippen LogP contribution in [0.5, 0.6) is 11.5 Å². The lowest BCUT2D eigenvalue weighted by Crippen LogP contribution is -2.21. The van der Waals surface area contributed by atoms with Crippen LogP contribution in [0.1, 0.15) is 38.2 Å². The molecular weight excluding hydrogens is 404 g/mol. The van der Waals surface area contributed by atoms with E-state index in [0.29, 0.717) is 23.6 Å². The quantitative estimate of drug-likeness (QED) is 0.354. The van der Waals surface area contributed by atoms with Crippen LogP contribution >= 0.6 is 0 Å². The van der Waals surface area contributed by atoms with Crippen LogP contribution in [0.15, 0.2) is 59.4 Å². The molecule has 1 amide bonds. The first kappa shape index (κ1) is 23.1. The summed E-state index contributed by atoms with van der Waals surface area (Å²) in [4.78, 5) is 25.3. The largest absolute Gasteiger partial charge is 0.492 e. The fourth-order valence-corrected chi connectivity index (χ4v) is 3.51. The van der Waals surface area contributed by atoms with Gasteiger partial charge < -0.3 is 19.4 Å². The fraction of sp³-hybridized carbons (Fsp3) is 0.308. The Kier molecular flexibility index (Phi) is 8.08. The van der Waals surface area contributed by atoms with Crippen LogP contribution in [0.4, 0.5) is 5.69 Å². The van der Waals surface area contributed by atoms with Crippen LogP contribution in [0.25, 0.3) is 17.0 Å². The lowest BCUT2D eigenvalue weighted by atomic mass is 10.1. The standard InChI is InChI=1S/C26H30N2O4/c1-4-5-6-10-17-32-25-24(31-3)21-15-14-20(18-22(21)28(2)26(25)30)27-23(29)16-13-19-11-8-7-9-12-19/h7-9,11-16,18H,4-6,10,17H2,1-3H3,(H,27,29)/b16-13+. The third-order valence-corrected chi connectivity index (χ3v) is 5.25. The van der Waals surface area contributed by atoms with Crippen molar-refractivity contribution < 1.29 is 14.3 Å². The van der Waals surface area contributed by atoms with Gasteiger partial charge in [0.1, 0.15) is 0 Å². The molecule has 1 N–H and O–H groups in total. The van der Waals surface area contributed by atoms with E-state index in [9.17, 15) is 9.59 Å². The van der Waals surface area contributed by atoms with Crippen LogP contribution < -0.4 is 20.3 Å². The summed E-state index contributed by atoms with van der Waals surface area (Å²) in [7, 11) is 3.22. The second-order valence-electron chi connectivity index (χ2n) is 7.60. The molecule has 1 heterocycles. The number of nitrogens with zero attached hydrogens (tertiary/aromatic N) is 1. The lowest BCUT2D eigenvalue weighted by Gasteiger charge is -2.16. The molecule has 0 spiro atoms. The number of carbonyl (C=O) groups excluding carboxylic acids is 1. The molecule has 1 aromatic heterocycles. The first-order chi connectivity index (χ1) is 15.5. The molecule has 6 nitrogen and oxygen atoms in total. The molecule has 0 bridgehead atoms. The van der Waals surface area contributed by atoms with Crippen molar-refractivity contribution in [1.82, 2.24) is 4.57 Å². The Morgan fingerprint density at radius 1 is 1.06 bits per heavy atom. The summed E-state index contributed by atoms with van der Waals surface area (Å²) in [6.45, 7) is 2.62. The van der Waals surface area contributed by atoms with E-state index in [1.165, 1.54) is 17.8 Å². The molecule has 168 valence electrons. The van der Waals surface area contributed by atoms with Crippen molar-refractivity contribution >= 4 is 28.6 Å². The molecule has 0 radical (unpaired) electrons. The molecule has 3 aromatic rings. The number of aryl methyl sites for hydroxylation is 1. The lowest BCUT2D eigenvalue weighted by molar-refractivity contribution is -0.111. The van der Waals surface area contributed by atoms with Gasteiger partial charge in [-0.05, 0) is 36.3 Å². The summed E-state index contributed by atoms with van der Waals surface area (Å²) in [6, 6.07) is 15.0. The number of hydrogen-bond acceptors (Lipinski definition) is 4. The SMILES string of the molecule is CCCCCCOc1c(OC)c2ccc(NC(=O)/C=C/c3ccccc3)cc2n(C)c1=O. The van der Waals surface area contributed by atoms with Gasteiger partial charge in [-0.2, -0.15) is 0 Å². The van der Waals surface area contributed by atoms with Gasteiger partial charge in [-0.25, -0.2) is 0 Å². The molecule has 32 heavy (non-hydrogen) atoms. The van der Waals surface area contributed by atoms with Crippen molar-refractivity contribution in [2.45, 2.75) is 32.6 Å². The summed E-state index contributed by atoms with van der Waals surface area (Å²) in [5.41, 5.74) is 1.91. The Balaban J connectivity index is 1.82. The van der Waals surface area contributed by atoms with Gasteiger partial charge in [0.25, 0.3) is 5.56 Å². The highest BCUT2D eigenvalue weighted by molar-refractivity contribution is 6.03. The molecule has 0 aliphatic carbocycles. The van der Waals surface area contributed by atoms with Gasteiger partial charge in [0.15, 0.2) is 5.75 Å². The van der Waals surface area contributed by atoms with E-state index in [0.717, 1.165) is 36.6 Å². The van der Waals surface area contributed by atoms with E-state index in [2.05, 4.69) is 12.2 Å².